The second-order valence-electron chi connectivity index (χ2n) is 6.74. The third-order valence-corrected chi connectivity index (χ3v) is 4.51. The molecule has 1 aliphatic rings. The number of amides is 2. The van der Waals surface area contributed by atoms with Gasteiger partial charge in [0.2, 0.25) is 5.88 Å². The van der Waals surface area contributed by atoms with Crippen molar-refractivity contribution >= 4 is 11.7 Å². The van der Waals surface area contributed by atoms with Gasteiger partial charge in [0.25, 0.3) is 0 Å². The van der Waals surface area contributed by atoms with E-state index >= 15 is 0 Å². The lowest BCUT2D eigenvalue weighted by atomic mass is 10.2. The summed E-state index contributed by atoms with van der Waals surface area (Å²) < 4.78 is 21.2. The van der Waals surface area contributed by atoms with E-state index in [9.17, 15) is 9.18 Å². The Bertz CT molecular complexity index is 1150. The molecule has 9 heteroatoms. The van der Waals surface area contributed by atoms with Gasteiger partial charge >= 0.3 is 6.03 Å². The fourth-order valence-corrected chi connectivity index (χ4v) is 3.06. The monoisotopic (exact) mass is 406 g/mol. The van der Waals surface area contributed by atoms with E-state index in [0.29, 0.717) is 30.3 Å². The molecule has 3 aromatic heterocycles. The highest BCUT2D eigenvalue weighted by molar-refractivity contribution is 5.94. The lowest BCUT2D eigenvalue weighted by molar-refractivity contribution is 0.235. The molecule has 8 nitrogen and oxygen atoms in total. The summed E-state index contributed by atoms with van der Waals surface area (Å²) in [5.74, 6) is 5.91. The minimum Gasteiger partial charge on any atom is -0.474 e. The van der Waals surface area contributed by atoms with E-state index < -0.39 is 17.9 Å². The molecule has 0 saturated carbocycles. The number of halogens is 1. The van der Waals surface area contributed by atoms with Crippen LogP contribution in [0.15, 0.2) is 43.0 Å². The fraction of sp³-hybridized carbons (Fsp3) is 0.238. The summed E-state index contributed by atoms with van der Waals surface area (Å²) in [5, 5.41) is 6.86. The normalized spacial score (nSPS) is 13.5. The number of rotatable bonds is 2. The highest BCUT2D eigenvalue weighted by Crippen LogP contribution is 2.30. The molecule has 0 spiro atoms. The van der Waals surface area contributed by atoms with E-state index in [2.05, 4.69) is 32.2 Å². The lowest BCUT2D eigenvalue weighted by Crippen LogP contribution is -2.45. The van der Waals surface area contributed by atoms with Crippen LogP contribution >= 0.6 is 0 Å². The number of aryl methyl sites for hydroxylation is 1. The Kier molecular flexibility index (Phi) is 5.30. The topological polar surface area (TPSA) is 85.2 Å². The molecule has 0 fully saturated rings. The zero-order valence-electron chi connectivity index (χ0n) is 16.5. The molecule has 152 valence electrons. The number of anilines is 1. The molecule has 1 aliphatic heterocycles. The van der Waals surface area contributed by atoms with Gasteiger partial charge in [-0.25, -0.2) is 14.2 Å². The first kappa shape index (κ1) is 19.4. The third-order valence-electron chi connectivity index (χ3n) is 4.51. The number of hydrogen-bond acceptors (Lipinski definition) is 5. The Morgan fingerprint density at radius 2 is 2.13 bits per heavy atom. The predicted molar refractivity (Wildman–Crippen MR) is 107 cm³/mol. The van der Waals surface area contributed by atoms with Crippen molar-refractivity contribution in [2.24, 2.45) is 7.05 Å². The number of pyridine rings is 2. The standard InChI is InChI=1S/C21H19FN6O2/c1-14(19-17(22)4-3-7-23-19)26-21(29)28-8-9-30-20-18(28)10-15(11-24-20)5-6-16-12-25-27(2)13-16/h3-4,7,10-14H,8-9H2,1-2H3,(H,26,29)/t14-/m0/s1. The average Bonchev–Trinajstić information content (AvgIpc) is 3.17. The van der Waals surface area contributed by atoms with Crippen LogP contribution in [-0.2, 0) is 7.05 Å². The molecular formula is C21H19FN6O2. The summed E-state index contributed by atoms with van der Waals surface area (Å²) in [4.78, 5) is 22.7. The van der Waals surface area contributed by atoms with Gasteiger partial charge < -0.3 is 10.1 Å². The van der Waals surface area contributed by atoms with Crippen LogP contribution in [0.3, 0.4) is 0 Å². The number of carbonyl (C=O) groups is 1. The number of nitrogens with one attached hydrogen (secondary N) is 1. The number of aromatic nitrogens is 4. The van der Waals surface area contributed by atoms with Gasteiger partial charge in [0, 0.05) is 31.2 Å². The first-order valence-corrected chi connectivity index (χ1v) is 9.33. The molecule has 0 unspecified atom stereocenters. The number of fused-ring (bicyclic) bond motifs is 1. The average molecular weight is 406 g/mol. The molecule has 0 aromatic carbocycles. The van der Waals surface area contributed by atoms with E-state index in [1.165, 1.54) is 23.2 Å². The maximum Gasteiger partial charge on any atom is 0.322 e. The highest BCUT2D eigenvalue weighted by Gasteiger charge is 2.27. The van der Waals surface area contributed by atoms with E-state index in [0.717, 1.165) is 5.56 Å². The Morgan fingerprint density at radius 1 is 1.30 bits per heavy atom. The van der Waals surface area contributed by atoms with Gasteiger partial charge in [-0.3, -0.25) is 14.6 Å². The number of ether oxygens (including phenoxy) is 1. The van der Waals surface area contributed by atoms with Crippen molar-refractivity contribution in [2.75, 3.05) is 18.1 Å². The van der Waals surface area contributed by atoms with E-state index in [1.54, 1.807) is 36.3 Å². The van der Waals surface area contributed by atoms with Gasteiger partial charge in [-0.1, -0.05) is 11.8 Å². The summed E-state index contributed by atoms with van der Waals surface area (Å²) >= 11 is 0. The van der Waals surface area contributed by atoms with Crippen molar-refractivity contribution < 1.29 is 13.9 Å². The Balaban J connectivity index is 1.56. The minimum atomic E-state index is -0.605. The zero-order valence-corrected chi connectivity index (χ0v) is 16.5. The Morgan fingerprint density at radius 3 is 2.90 bits per heavy atom. The van der Waals surface area contributed by atoms with Crippen molar-refractivity contribution in [1.29, 1.82) is 0 Å². The van der Waals surface area contributed by atoms with Crippen LogP contribution in [0.5, 0.6) is 5.88 Å². The zero-order chi connectivity index (χ0) is 21.1. The van der Waals surface area contributed by atoms with Gasteiger partial charge in [0.05, 0.1) is 30.0 Å². The maximum absolute atomic E-state index is 14.0. The second-order valence-corrected chi connectivity index (χ2v) is 6.74. The summed E-state index contributed by atoms with van der Waals surface area (Å²) in [6, 6.07) is 3.57. The van der Waals surface area contributed by atoms with Crippen LogP contribution in [0.4, 0.5) is 14.9 Å². The largest absolute Gasteiger partial charge is 0.474 e. The summed E-state index contributed by atoms with van der Waals surface area (Å²) in [6.07, 6.45) is 6.55. The van der Waals surface area contributed by atoms with E-state index in [-0.39, 0.29) is 5.69 Å². The molecule has 4 heterocycles. The minimum absolute atomic E-state index is 0.175. The van der Waals surface area contributed by atoms with Crippen LogP contribution < -0.4 is 15.0 Å². The number of carbonyl (C=O) groups excluding carboxylic acids is 1. The number of nitrogens with zero attached hydrogens (tertiary/aromatic N) is 5. The third kappa shape index (κ3) is 4.07. The van der Waals surface area contributed by atoms with E-state index in [4.69, 9.17) is 4.74 Å². The van der Waals surface area contributed by atoms with Gasteiger partial charge in [0.15, 0.2) is 0 Å². The molecular weight excluding hydrogens is 387 g/mol. The smallest absolute Gasteiger partial charge is 0.322 e. The van der Waals surface area contributed by atoms with Gasteiger partial charge in [-0.15, -0.1) is 0 Å². The van der Waals surface area contributed by atoms with Crippen molar-refractivity contribution in [3.8, 4) is 17.7 Å². The predicted octanol–water partition coefficient (Wildman–Crippen LogP) is 2.42. The number of hydrogen-bond donors (Lipinski definition) is 1. The molecule has 1 atom stereocenters. The molecule has 30 heavy (non-hydrogen) atoms. The lowest BCUT2D eigenvalue weighted by Gasteiger charge is -2.30. The van der Waals surface area contributed by atoms with Crippen molar-refractivity contribution in [1.82, 2.24) is 25.1 Å². The first-order chi connectivity index (χ1) is 14.5. The molecule has 4 rings (SSSR count). The first-order valence-electron chi connectivity index (χ1n) is 9.33. The summed E-state index contributed by atoms with van der Waals surface area (Å²) in [6.45, 7) is 2.32. The fourth-order valence-electron chi connectivity index (χ4n) is 3.06. The van der Waals surface area contributed by atoms with Gasteiger partial charge in [-0.2, -0.15) is 5.10 Å². The molecule has 3 aromatic rings. The van der Waals surface area contributed by atoms with Crippen LogP contribution in [0.25, 0.3) is 0 Å². The molecule has 2 amide bonds. The van der Waals surface area contributed by atoms with Crippen molar-refractivity contribution in [3.05, 3.63) is 65.6 Å². The van der Waals surface area contributed by atoms with Crippen molar-refractivity contribution in [3.63, 3.8) is 0 Å². The Labute approximate surface area is 172 Å². The molecule has 0 aliphatic carbocycles. The molecule has 0 bridgehead atoms. The van der Waals surface area contributed by atoms with Crippen LogP contribution in [0, 0.1) is 17.7 Å². The van der Waals surface area contributed by atoms with Crippen LogP contribution in [0.1, 0.15) is 29.8 Å². The molecule has 1 N–H and O–H groups in total. The molecule has 0 radical (unpaired) electrons. The van der Waals surface area contributed by atoms with Crippen LogP contribution in [-0.4, -0.2) is 38.9 Å². The second kappa shape index (κ2) is 8.21. The number of urea groups is 1. The summed E-state index contributed by atoms with van der Waals surface area (Å²) in [5.41, 5.74) is 2.08. The quantitative estimate of drug-likeness (QED) is 0.661. The molecule has 0 saturated heterocycles. The van der Waals surface area contributed by atoms with Crippen LogP contribution in [0.2, 0.25) is 0 Å². The van der Waals surface area contributed by atoms with Gasteiger partial charge in [-0.05, 0) is 25.1 Å². The van der Waals surface area contributed by atoms with E-state index in [1.807, 2.05) is 7.05 Å². The Hall–Kier alpha value is -3.93. The summed E-state index contributed by atoms with van der Waals surface area (Å²) in [7, 11) is 1.82. The van der Waals surface area contributed by atoms with Crippen molar-refractivity contribution in [2.45, 2.75) is 13.0 Å². The van der Waals surface area contributed by atoms with Gasteiger partial charge in [0.1, 0.15) is 18.1 Å². The maximum atomic E-state index is 14.0. The highest BCUT2D eigenvalue weighted by atomic mass is 19.1. The SMILES string of the molecule is C[C@H](NC(=O)N1CCOc2ncc(C#Cc3cnn(C)c3)cc21)c1ncccc1F.